The van der Waals surface area contributed by atoms with Crippen LogP contribution in [0, 0.1) is 5.92 Å². The Bertz CT molecular complexity index is 1760. The Morgan fingerprint density at radius 3 is 2.36 bits per heavy atom. The van der Waals surface area contributed by atoms with Crippen LogP contribution >= 0.6 is 0 Å². The number of fused-ring (bicyclic) bond motifs is 1. The average Bonchev–Trinajstić information content (AvgIpc) is 3.86. The Balaban J connectivity index is 1.46. The molecule has 11 nitrogen and oxygen atoms in total. The second-order valence-corrected chi connectivity index (χ2v) is 11.3. The topological polar surface area (TPSA) is 160 Å². The number of ether oxygens (including phenoxy) is 3. The minimum absolute atomic E-state index is 0.0790. The Morgan fingerprint density at radius 2 is 1.73 bits per heavy atom. The van der Waals surface area contributed by atoms with Gasteiger partial charge in [-0.15, -0.1) is 0 Å². The van der Waals surface area contributed by atoms with E-state index in [1.54, 1.807) is 7.11 Å². The molecule has 0 radical (unpaired) electrons. The SMILES string of the molecule is COc1ccc(COc2cccc(OCC3CC3)c2-c2cc(C3CCN(C(=O)[O-])CC3)c3cc(C(N)=O)c(=O)[nH]c3n2)cc1. The quantitative estimate of drug-likeness (QED) is 0.281. The summed E-state index contributed by atoms with van der Waals surface area (Å²) >= 11 is 0. The van der Waals surface area contributed by atoms with Gasteiger partial charge in [0.25, 0.3) is 11.5 Å². The maximum atomic E-state index is 12.8. The van der Waals surface area contributed by atoms with E-state index in [0.717, 1.165) is 29.7 Å². The molecule has 2 aromatic carbocycles. The second-order valence-electron chi connectivity index (χ2n) is 11.3. The lowest BCUT2D eigenvalue weighted by Gasteiger charge is -2.34. The highest BCUT2D eigenvalue weighted by molar-refractivity contribution is 5.97. The molecule has 1 aliphatic carbocycles. The predicted octanol–water partition coefficient (Wildman–Crippen LogP) is 3.59. The van der Waals surface area contributed by atoms with Gasteiger partial charge in [0.15, 0.2) is 0 Å². The maximum absolute atomic E-state index is 12.8. The molecule has 2 aromatic heterocycles. The lowest BCUT2D eigenvalue weighted by Crippen LogP contribution is -2.45. The van der Waals surface area contributed by atoms with Crippen LogP contribution in [-0.4, -0.2) is 53.7 Å². The summed E-state index contributed by atoms with van der Waals surface area (Å²) in [6.45, 7) is 1.45. The molecule has 1 aliphatic heterocycles. The Morgan fingerprint density at radius 1 is 1.02 bits per heavy atom. The van der Waals surface area contributed by atoms with E-state index in [1.807, 2.05) is 48.5 Å². The highest BCUT2D eigenvalue weighted by Crippen LogP contribution is 2.42. The van der Waals surface area contributed by atoms with Crippen molar-refractivity contribution in [3.05, 3.63) is 81.6 Å². The number of H-pyrrole nitrogens is 1. The fourth-order valence-electron chi connectivity index (χ4n) is 5.61. The first-order valence-electron chi connectivity index (χ1n) is 14.7. The van der Waals surface area contributed by atoms with Crippen molar-refractivity contribution in [3.63, 3.8) is 0 Å². The van der Waals surface area contributed by atoms with E-state index >= 15 is 0 Å². The van der Waals surface area contributed by atoms with Crippen LogP contribution in [0.1, 0.15) is 53.1 Å². The molecule has 3 heterocycles. The van der Waals surface area contributed by atoms with Gasteiger partial charge >= 0.3 is 0 Å². The molecule has 0 bridgehead atoms. The van der Waals surface area contributed by atoms with E-state index in [4.69, 9.17) is 24.9 Å². The van der Waals surface area contributed by atoms with Gasteiger partial charge in [0, 0.05) is 18.5 Å². The van der Waals surface area contributed by atoms with E-state index in [1.165, 1.54) is 11.0 Å². The van der Waals surface area contributed by atoms with E-state index in [-0.39, 0.29) is 23.7 Å². The zero-order valence-corrected chi connectivity index (χ0v) is 24.3. The lowest BCUT2D eigenvalue weighted by atomic mass is 9.86. The van der Waals surface area contributed by atoms with Gasteiger partial charge in [0.05, 0.1) is 25.0 Å². The number of rotatable bonds is 10. The van der Waals surface area contributed by atoms with E-state index in [0.29, 0.717) is 66.6 Å². The molecule has 0 spiro atoms. The summed E-state index contributed by atoms with van der Waals surface area (Å²) in [7, 11) is 1.62. The molecule has 3 N–H and O–H groups in total. The fourth-order valence-corrected chi connectivity index (χ4v) is 5.61. The number of carboxylic acid groups (broad SMARTS) is 1. The van der Waals surface area contributed by atoms with Gasteiger partial charge in [-0.2, -0.15) is 0 Å². The minimum Gasteiger partial charge on any atom is -0.530 e. The van der Waals surface area contributed by atoms with Crippen LogP contribution < -0.4 is 30.6 Å². The first-order chi connectivity index (χ1) is 21.3. The van der Waals surface area contributed by atoms with Crippen LogP contribution in [-0.2, 0) is 6.61 Å². The highest BCUT2D eigenvalue weighted by atomic mass is 16.5. The van der Waals surface area contributed by atoms with Crippen molar-refractivity contribution in [2.75, 3.05) is 26.8 Å². The van der Waals surface area contributed by atoms with Crippen LogP contribution in [0.15, 0.2) is 59.4 Å². The Hall–Kier alpha value is -5.06. The van der Waals surface area contributed by atoms with E-state index in [9.17, 15) is 19.5 Å². The highest BCUT2D eigenvalue weighted by Gasteiger charge is 2.27. The molecule has 2 amide bonds. The van der Waals surface area contributed by atoms with Gasteiger partial charge in [-0.05, 0) is 85.0 Å². The average molecular weight is 598 g/mol. The third kappa shape index (κ3) is 6.17. The summed E-state index contributed by atoms with van der Waals surface area (Å²) < 4.78 is 17.9. The molecule has 2 fully saturated rings. The van der Waals surface area contributed by atoms with Gasteiger partial charge in [-0.25, -0.2) is 4.98 Å². The van der Waals surface area contributed by atoms with Crippen LogP contribution in [0.3, 0.4) is 0 Å². The third-order valence-electron chi connectivity index (χ3n) is 8.28. The fraction of sp³-hybridized carbons (Fsp3) is 0.333. The first-order valence-corrected chi connectivity index (χ1v) is 14.7. The number of hydrogen-bond donors (Lipinski definition) is 2. The van der Waals surface area contributed by atoms with Crippen molar-refractivity contribution in [1.82, 2.24) is 14.9 Å². The Kier molecular flexibility index (Phi) is 8.10. The van der Waals surface area contributed by atoms with Crippen molar-refractivity contribution in [3.8, 4) is 28.5 Å². The predicted molar refractivity (Wildman–Crippen MR) is 161 cm³/mol. The van der Waals surface area contributed by atoms with Crippen molar-refractivity contribution in [1.29, 1.82) is 0 Å². The molecule has 228 valence electrons. The molecule has 1 saturated carbocycles. The van der Waals surface area contributed by atoms with E-state index < -0.39 is 17.6 Å². The number of likely N-dealkylation sites (tertiary alicyclic amines) is 1. The van der Waals surface area contributed by atoms with Gasteiger partial charge in [0.1, 0.15) is 41.2 Å². The lowest BCUT2D eigenvalue weighted by molar-refractivity contribution is -0.266. The molecule has 4 aromatic rings. The zero-order valence-electron chi connectivity index (χ0n) is 24.3. The van der Waals surface area contributed by atoms with Gasteiger partial charge in [-0.3, -0.25) is 9.59 Å². The Labute approximate surface area is 253 Å². The number of nitrogens with zero attached hydrogens (tertiary/aromatic N) is 2. The van der Waals surface area contributed by atoms with Crippen LogP contribution in [0.5, 0.6) is 17.2 Å². The largest absolute Gasteiger partial charge is 0.530 e. The number of benzene rings is 2. The number of carbonyl (C=O) groups excluding carboxylic acids is 2. The smallest absolute Gasteiger partial charge is 0.262 e. The third-order valence-corrected chi connectivity index (χ3v) is 8.28. The van der Waals surface area contributed by atoms with Gasteiger partial charge < -0.3 is 39.7 Å². The van der Waals surface area contributed by atoms with Gasteiger partial charge in [-0.1, -0.05) is 18.2 Å². The number of aromatic amines is 1. The van der Waals surface area contributed by atoms with Crippen molar-refractivity contribution in [2.24, 2.45) is 11.7 Å². The molecule has 11 heteroatoms. The number of methoxy groups -OCH3 is 1. The summed E-state index contributed by atoms with van der Waals surface area (Å²) in [6, 6.07) is 16.6. The van der Waals surface area contributed by atoms with Crippen molar-refractivity contribution in [2.45, 2.75) is 38.2 Å². The molecular weight excluding hydrogens is 564 g/mol. The number of amides is 2. The number of nitrogens with two attached hydrogens (primary N) is 1. The molecule has 0 unspecified atom stereocenters. The number of primary amides is 1. The molecule has 1 saturated heterocycles. The minimum atomic E-state index is -1.20. The number of nitrogens with one attached hydrogen (secondary N) is 1. The monoisotopic (exact) mass is 597 g/mol. The summed E-state index contributed by atoms with van der Waals surface area (Å²) in [5.41, 5.74) is 7.90. The number of aromatic nitrogens is 2. The van der Waals surface area contributed by atoms with Gasteiger partial charge in [0.2, 0.25) is 0 Å². The second kappa shape index (κ2) is 12.3. The number of pyridine rings is 2. The standard InChI is InChI=1S/C33H34N4O7/c1-42-22-9-7-20(8-10-22)18-44-28-4-2-3-27(43-17-19-5-6-19)29(28)26-16-23(21-11-13-37(14-12-21)33(40)41)24-15-25(30(34)38)32(39)36-31(24)35-26/h2-4,7-10,15-16,19,21H,5-6,11-14,17-18H2,1H3,(H2,34,38)(H,40,41)(H,35,36,39)/p-1. The van der Waals surface area contributed by atoms with Crippen molar-refractivity contribution >= 4 is 23.0 Å². The van der Waals surface area contributed by atoms with Crippen LogP contribution in [0.4, 0.5) is 4.79 Å². The molecule has 6 rings (SSSR count). The van der Waals surface area contributed by atoms with Crippen LogP contribution in [0.25, 0.3) is 22.3 Å². The number of piperidine rings is 1. The molecule has 0 atom stereocenters. The maximum Gasteiger partial charge on any atom is 0.262 e. The summed E-state index contributed by atoms with van der Waals surface area (Å²) in [5, 5.41) is 12.0. The number of carbonyl (C=O) groups is 2. The van der Waals surface area contributed by atoms with Crippen LogP contribution in [0.2, 0.25) is 0 Å². The zero-order chi connectivity index (χ0) is 30.8. The summed E-state index contributed by atoms with van der Waals surface area (Å²) in [5.74, 6) is 1.48. The molecular formula is C33H33N4O7-. The molecule has 44 heavy (non-hydrogen) atoms. The van der Waals surface area contributed by atoms with E-state index in [2.05, 4.69) is 4.98 Å². The molecule has 2 aliphatic rings. The van der Waals surface area contributed by atoms with Crippen molar-refractivity contribution < 1.29 is 28.9 Å². The number of hydrogen-bond acceptors (Lipinski definition) is 8. The first kappa shape index (κ1) is 29.0. The summed E-state index contributed by atoms with van der Waals surface area (Å²) in [6.07, 6.45) is 2.09. The summed E-state index contributed by atoms with van der Waals surface area (Å²) in [4.78, 5) is 45.2. The normalized spacial score (nSPS) is 15.2.